The first kappa shape index (κ1) is 14.3. The molecule has 11 heavy (non-hydrogen) atoms. The number of hydrogen-bond acceptors (Lipinski definition) is 1. The fourth-order valence-corrected chi connectivity index (χ4v) is 0.297. The van der Waals surface area contributed by atoms with Crippen LogP contribution in [0.25, 0.3) is 0 Å². The Morgan fingerprint density at radius 3 is 1.36 bits per heavy atom. The van der Waals surface area contributed by atoms with E-state index in [9.17, 15) is 26.2 Å². The molecule has 1 radical (unpaired) electrons. The summed E-state index contributed by atoms with van der Waals surface area (Å²) in [5.74, 6) is 0. The van der Waals surface area contributed by atoms with Crippen LogP contribution in [0.3, 0.4) is 0 Å². The second-order valence-electron chi connectivity index (χ2n) is 1.26. The predicted molar refractivity (Wildman–Crippen MR) is 27.5 cm³/mol. The third-order valence-corrected chi connectivity index (χ3v) is 1.22. The molecular formula is C2HF5NaO2S. The van der Waals surface area contributed by atoms with Crippen LogP contribution in [0.15, 0.2) is 0 Å². The van der Waals surface area contributed by atoms with E-state index in [4.69, 9.17) is 4.55 Å². The van der Waals surface area contributed by atoms with Gasteiger partial charge >= 0.3 is 11.4 Å². The molecule has 0 aliphatic rings. The molecule has 0 spiro atoms. The van der Waals surface area contributed by atoms with Gasteiger partial charge in [0.05, 0.1) is 0 Å². The Morgan fingerprint density at radius 1 is 1.09 bits per heavy atom. The predicted octanol–water partition coefficient (Wildman–Crippen LogP) is 0.982. The fourth-order valence-electron chi connectivity index (χ4n) is 0.0990. The summed E-state index contributed by atoms with van der Waals surface area (Å²) >= 11 is -4.20. The molecule has 1 atom stereocenters. The minimum absolute atomic E-state index is 0. The van der Waals surface area contributed by atoms with E-state index in [1.807, 2.05) is 0 Å². The Kier molecular flexibility index (Phi) is 5.36. The van der Waals surface area contributed by atoms with E-state index in [0.29, 0.717) is 0 Å². The minimum Gasteiger partial charge on any atom is -0.301 e. The van der Waals surface area contributed by atoms with E-state index in [1.165, 1.54) is 0 Å². The average molecular weight is 207 g/mol. The normalized spacial score (nSPS) is 15.5. The monoisotopic (exact) mass is 207 g/mol. The Morgan fingerprint density at radius 2 is 1.36 bits per heavy atom. The Bertz CT molecular complexity index is 155. The summed E-state index contributed by atoms with van der Waals surface area (Å²) < 4.78 is 72.4. The number of hydrogen-bond donors (Lipinski definition) is 1. The summed E-state index contributed by atoms with van der Waals surface area (Å²) in [4.78, 5) is 0. The van der Waals surface area contributed by atoms with Gasteiger partial charge in [-0.1, -0.05) is 0 Å². The summed E-state index contributed by atoms with van der Waals surface area (Å²) in [7, 11) is 0. The molecule has 0 aromatic rings. The molecule has 0 aliphatic carbocycles. The van der Waals surface area contributed by atoms with Gasteiger partial charge in [0.2, 0.25) is 11.1 Å². The Balaban J connectivity index is 0. The van der Waals surface area contributed by atoms with Crippen LogP contribution < -0.4 is 0 Å². The van der Waals surface area contributed by atoms with Crippen molar-refractivity contribution in [3.8, 4) is 0 Å². The van der Waals surface area contributed by atoms with Gasteiger partial charge < -0.3 is 4.55 Å². The van der Waals surface area contributed by atoms with Crippen molar-refractivity contribution in [2.45, 2.75) is 11.4 Å². The van der Waals surface area contributed by atoms with Gasteiger partial charge in [-0.3, -0.25) is 0 Å². The number of alkyl halides is 5. The van der Waals surface area contributed by atoms with Crippen LogP contribution in [-0.4, -0.2) is 49.7 Å². The van der Waals surface area contributed by atoms with Crippen molar-refractivity contribution in [1.29, 1.82) is 0 Å². The first-order valence-corrected chi connectivity index (χ1v) is 2.86. The van der Waals surface area contributed by atoms with Gasteiger partial charge in [0.1, 0.15) is 0 Å². The topological polar surface area (TPSA) is 37.3 Å². The van der Waals surface area contributed by atoms with E-state index in [0.717, 1.165) is 0 Å². The molecule has 63 valence electrons. The maximum Gasteiger partial charge on any atom is 0.469 e. The van der Waals surface area contributed by atoms with E-state index in [2.05, 4.69) is 0 Å². The minimum atomic E-state index is -5.97. The van der Waals surface area contributed by atoms with Gasteiger partial charge in [-0.2, -0.15) is 22.0 Å². The van der Waals surface area contributed by atoms with E-state index >= 15 is 0 Å². The quantitative estimate of drug-likeness (QED) is 0.395. The van der Waals surface area contributed by atoms with Gasteiger partial charge in [0, 0.05) is 29.6 Å². The molecule has 1 N–H and O–H groups in total. The molecule has 9 heteroatoms. The molecular weight excluding hydrogens is 206 g/mol. The maximum atomic E-state index is 11.4. The van der Waals surface area contributed by atoms with Crippen molar-refractivity contribution in [3.63, 3.8) is 0 Å². The second kappa shape index (κ2) is 4.13. The van der Waals surface area contributed by atoms with Crippen LogP contribution in [0.1, 0.15) is 0 Å². The van der Waals surface area contributed by atoms with Crippen molar-refractivity contribution in [2.24, 2.45) is 0 Å². The average Bonchev–Trinajstić information content (AvgIpc) is 1.62. The first-order chi connectivity index (χ1) is 4.19. The fraction of sp³-hybridized carbons (Fsp3) is 1.00. The van der Waals surface area contributed by atoms with Crippen LogP contribution >= 0.6 is 0 Å². The zero-order valence-electron chi connectivity index (χ0n) is 5.15. The number of rotatable bonds is 1. The molecule has 0 saturated heterocycles. The molecule has 0 amide bonds. The standard InChI is InChI=1S/C2HF5O2S.Na/c3-1(4,5)2(6,7)10(8)9;/h(H,8,9);. The second-order valence-corrected chi connectivity index (χ2v) is 2.27. The zero-order valence-corrected chi connectivity index (χ0v) is 7.97. The van der Waals surface area contributed by atoms with Gasteiger partial charge in [0.25, 0.3) is 0 Å². The molecule has 2 nitrogen and oxygen atoms in total. The first-order valence-electron chi connectivity index (χ1n) is 1.75. The van der Waals surface area contributed by atoms with Crippen LogP contribution in [0.5, 0.6) is 0 Å². The van der Waals surface area contributed by atoms with Crippen LogP contribution in [-0.2, 0) is 11.1 Å². The van der Waals surface area contributed by atoms with Gasteiger partial charge in [-0.25, -0.2) is 4.21 Å². The largest absolute Gasteiger partial charge is 0.469 e. The van der Waals surface area contributed by atoms with Crippen molar-refractivity contribution in [2.75, 3.05) is 0 Å². The molecule has 0 rings (SSSR count). The summed E-state index contributed by atoms with van der Waals surface area (Å²) in [6.45, 7) is 0. The van der Waals surface area contributed by atoms with Crippen LogP contribution in [0, 0.1) is 0 Å². The smallest absolute Gasteiger partial charge is 0.301 e. The summed E-state index contributed by atoms with van der Waals surface area (Å²) in [5, 5.41) is -5.53. The Labute approximate surface area is 82.7 Å². The van der Waals surface area contributed by atoms with Crippen LogP contribution in [0.2, 0.25) is 0 Å². The molecule has 0 heterocycles. The van der Waals surface area contributed by atoms with Crippen molar-refractivity contribution in [1.82, 2.24) is 0 Å². The maximum absolute atomic E-state index is 11.4. The van der Waals surface area contributed by atoms with Crippen molar-refractivity contribution < 1.29 is 30.7 Å². The summed E-state index contributed by atoms with van der Waals surface area (Å²) in [6.07, 6.45) is -5.97. The molecule has 1 unspecified atom stereocenters. The van der Waals surface area contributed by atoms with Gasteiger partial charge in [-0.15, -0.1) is 0 Å². The van der Waals surface area contributed by atoms with E-state index in [-0.39, 0.29) is 29.6 Å². The van der Waals surface area contributed by atoms with Crippen molar-refractivity contribution >= 4 is 40.6 Å². The molecule has 0 aliphatic heterocycles. The SMILES string of the molecule is O=S(O)C(F)(F)C(F)(F)F.[Na]. The molecule has 0 saturated carbocycles. The summed E-state index contributed by atoms with van der Waals surface area (Å²) in [6, 6.07) is 0. The van der Waals surface area contributed by atoms with Gasteiger partial charge in [-0.05, 0) is 0 Å². The third kappa shape index (κ3) is 3.32. The molecule has 0 fully saturated rings. The van der Waals surface area contributed by atoms with Crippen LogP contribution in [0.4, 0.5) is 22.0 Å². The number of halogens is 5. The molecule has 0 aromatic carbocycles. The Hall–Kier alpha value is 0.760. The zero-order chi connectivity index (χ0) is 8.58. The molecule has 0 bridgehead atoms. The third-order valence-electron chi connectivity index (χ3n) is 0.549. The van der Waals surface area contributed by atoms with Gasteiger partial charge in [0.15, 0.2) is 0 Å². The van der Waals surface area contributed by atoms with E-state index in [1.54, 1.807) is 0 Å². The van der Waals surface area contributed by atoms with Crippen molar-refractivity contribution in [3.05, 3.63) is 0 Å². The summed E-state index contributed by atoms with van der Waals surface area (Å²) in [5.41, 5.74) is 0. The molecule has 0 aromatic heterocycles. The van der Waals surface area contributed by atoms with E-state index < -0.39 is 22.5 Å².